The van der Waals surface area contributed by atoms with Gasteiger partial charge in [0.15, 0.2) is 0 Å². The second-order valence-electron chi connectivity index (χ2n) is 4.41. The van der Waals surface area contributed by atoms with Crippen molar-refractivity contribution in [3.05, 3.63) is 0 Å². The molecule has 0 heterocycles. The Hall–Kier alpha value is -0.370. The van der Waals surface area contributed by atoms with Crippen molar-refractivity contribution in [3.8, 4) is 0 Å². The van der Waals surface area contributed by atoms with Crippen LogP contribution in [-0.4, -0.2) is 16.5 Å². The first-order valence-electron chi connectivity index (χ1n) is 4.92. The van der Waals surface area contributed by atoms with Crippen LogP contribution in [0.4, 0.5) is 0 Å². The van der Waals surface area contributed by atoms with Gasteiger partial charge in [0.2, 0.25) is 0 Å². The lowest BCUT2D eigenvalue weighted by atomic mass is 9.81. The molecule has 2 rings (SSSR count). The average Bonchev–Trinajstić information content (AvgIpc) is 2.80. The first-order chi connectivity index (χ1) is 5.68. The third-order valence-corrected chi connectivity index (χ3v) is 3.10. The highest BCUT2D eigenvalue weighted by atomic mass is 16.3. The zero-order valence-electron chi connectivity index (χ0n) is 7.38. The molecule has 68 valence electrons. The van der Waals surface area contributed by atoms with Crippen LogP contribution in [-0.2, 0) is 4.79 Å². The minimum Gasteiger partial charge on any atom is -0.390 e. The first kappa shape index (κ1) is 8.24. The summed E-state index contributed by atoms with van der Waals surface area (Å²) >= 11 is 0. The fraction of sp³-hybridized carbons (Fsp3) is 0.900. The maximum atomic E-state index is 10.9. The molecule has 0 aromatic rings. The van der Waals surface area contributed by atoms with Crippen molar-refractivity contribution in [1.82, 2.24) is 0 Å². The Kier molecular flexibility index (Phi) is 1.95. The van der Waals surface area contributed by atoms with Crippen LogP contribution in [0.15, 0.2) is 0 Å². The smallest absolute Gasteiger partial charge is 0.133 e. The normalized spacial score (nSPS) is 28.9. The Morgan fingerprint density at radius 1 is 1.33 bits per heavy atom. The van der Waals surface area contributed by atoms with Crippen LogP contribution >= 0.6 is 0 Å². The van der Waals surface area contributed by atoms with Gasteiger partial charge in [-0.2, -0.15) is 0 Å². The van der Waals surface area contributed by atoms with Gasteiger partial charge in [-0.15, -0.1) is 0 Å². The molecule has 2 nitrogen and oxygen atoms in total. The van der Waals surface area contributed by atoms with Gasteiger partial charge in [-0.3, -0.25) is 4.79 Å². The van der Waals surface area contributed by atoms with Crippen LogP contribution in [0.3, 0.4) is 0 Å². The van der Waals surface area contributed by atoms with Crippen molar-refractivity contribution < 1.29 is 9.90 Å². The standard InChI is InChI=1S/C10H16O2/c11-9-3-5-10(12,6-4-9)7-8-1-2-8/h8,12H,1-7H2. The highest BCUT2D eigenvalue weighted by molar-refractivity contribution is 5.79. The van der Waals surface area contributed by atoms with Gasteiger partial charge in [0.1, 0.15) is 5.78 Å². The molecule has 0 unspecified atom stereocenters. The minimum atomic E-state index is -0.477. The van der Waals surface area contributed by atoms with E-state index in [9.17, 15) is 9.90 Å². The summed E-state index contributed by atoms with van der Waals surface area (Å²) in [6.07, 6.45) is 6.14. The van der Waals surface area contributed by atoms with Gasteiger partial charge in [0.05, 0.1) is 5.60 Å². The predicted molar refractivity (Wildman–Crippen MR) is 45.8 cm³/mol. The molecule has 0 aromatic carbocycles. The number of Topliss-reactive ketones (excluding diaryl/α,β-unsaturated/α-hetero) is 1. The van der Waals surface area contributed by atoms with E-state index in [1.807, 2.05) is 0 Å². The molecule has 0 bridgehead atoms. The van der Waals surface area contributed by atoms with Crippen LogP contribution in [0.1, 0.15) is 44.9 Å². The quantitative estimate of drug-likeness (QED) is 0.681. The van der Waals surface area contributed by atoms with Crippen LogP contribution in [0.2, 0.25) is 0 Å². The highest BCUT2D eigenvalue weighted by Gasteiger charge is 2.37. The SMILES string of the molecule is O=C1CCC(O)(CC2CC2)CC1. The summed E-state index contributed by atoms with van der Waals surface area (Å²) in [6.45, 7) is 0. The molecule has 0 radical (unpaired) electrons. The van der Waals surface area contributed by atoms with E-state index in [4.69, 9.17) is 0 Å². The van der Waals surface area contributed by atoms with Gasteiger partial charge < -0.3 is 5.11 Å². The third kappa shape index (κ3) is 1.86. The highest BCUT2D eigenvalue weighted by Crippen LogP contribution is 2.41. The fourth-order valence-electron chi connectivity index (χ4n) is 2.06. The van der Waals surface area contributed by atoms with Crippen LogP contribution in [0, 0.1) is 5.92 Å². The molecule has 2 aliphatic rings. The first-order valence-corrected chi connectivity index (χ1v) is 4.92. The Morgan fingerprint density at radius 3 is 2.42 bits per heavy atom. The van der Waals surface area contributed by atoms with Gasteiger partial charge in [0, 0.05) is 12.8 Å². The fourth-order valence-corrected chi connectivity index (χ4v) is 2.06. The third-order valence-electron chi connectivity index (χ3n) is 3.10. The Balaban J connectivity index is 1.87. The predicted octanol–water partition coefficient (Wildman–Crippen LogP) is 1.66. The van der Waals surface area contributed by atoms with E-state index in [2.05, 4.69) is 0 Å². The molecule has 1 N–H and O–H groups in total. The molecule has 2 aliphatic carbocycles. The molecule has 0 spiro atoms. The van der Waals surface area contributed by atoms with Crippen LogP contribution in [0.25, 0.3) is 0 Å². The molecule has 12 heavy (non-hydrogen) atoms. The maximum absolute atomic E-state index is 10.9. The maximum Gasteiger partial charge on any atom is 0.133 e. The number of aliphatic hydroxyl groups is 1. The van der Waals surface area contributed by atoms with Gasteiger partial charge in [-0.1, -0.05) is 12.8 Å². The van der Waals surface area contributed by atoms with E-state index >= 15 is 0 Å². The number of rotatable bonds is 2. The van der Waals surface area contributed by atoms with Gasteiger partial charge in [0.25, 0.3) is 0 Å². The summed E-state index contributed by atoms with van der Waals surface area (Å²) in [7, 11) is 0. The largest absolute Gasteiger partial charge is 0.390 e. The van der Waals surface area contributed by atoms with Crippen molar-refractivity contribution in [2.45, 2.75) is 50.5 Å². The lowest BCUT2D eigenvalue weighted by molar-refractivity contribution is -0.125. The zero-order valence-corrected chi connectivity index (χ0v) is 7.38. The summed E-state index contributed by atoms with van der Waals surface area (Å²) in [5, 5.41) is 10.0. The van der Waals surface area contributed by atoms with E-state index < -0.39 is 5.60 Å². The van der Waals surface area contributed by atoms with Crippen molar-refractivity contribution in [3.63, 3.8) is 0 Å². The van der Waals surface area contributed by atoms with Gasteiger partial charge in [-0.05, 0) is 25.2 Å². The molecule has 2 fully saturated rings. The molecule has 0 saturated heterocycles. The Morgan fingerprint density at radius 2 is 1.92 bits per heavy atom. The van der Waals surface area contributed by atoms with Crippen LogP contribution < -0.4 is 0 Å². The molecule has 2 saturated carbocycles. The summed E-state index contributed by atoms with van der Waals surface area (Å²) in [4.78, 5) is 10.9. The molecule has 0 atom stereocenters. The van der Waals surface area contributed by atoms with Crippen molar-refractivity contribution in [1.29, 1.82) is 0 Å². The lowest BCUT2D eigenvalue weighted by Gasteiger charge is -2.31. The second kappa shape index (κ2) is 2.84. The summed E-state index contributed by atoms with van der Waals surface area (Å²) in [6, 6.07) is 0. The van der Waals surface area contributed by atoms with E-state index in [1.54, 1.807) is 0 Å². The number of hydrogen-bond acceptors (Lipinski definition) is 2. The minimum absolute atomic E-state index is 0.329. The Labute approximate surface area is 73.0 Å². The lowest BCUT2D eigenvalue weighted by Crippen LogP contribution is -2.34. The van der Waals surface area contributed by atoms with E-state index in [0.29, 0.717) is 31.5 Å². The molecular weight excluding hydrogens is 152 g/mol. The molecule has 2 heteroatoms. The second-order valence-corrected chi connectivity index (χ2v) is 4.41. The summed E-state index contributed by atoms with van der Waals surface area (Å²) in [5.41, 5.74) is -0.477. The number of carbonyl (C=O) groups is 1. The molecule has 0 aliphatic heterocycles. The Bertz CT molecular complexity index is 184. The monoisotopic (exact) mass is 168 g/mol. The van der Waals surface area contributed by atoms with Gasteiger partial charge in [-0.25, -0.2) is 0 Å². The van der Waals surface area contributed by atoms with Crippen molar-refractivity contribution in [2.24, 2.45) is 5.92 Å². The van der Waals surface area contributed by atoms with Crippen LogP contribution in [0.5, 0.6) is 0 Å². The molecule has 0 amide bonds. The topological polar surface area (TPSA) is 37.3 Å². The van der Waals surface area contributed by atoms with E-state index in [-0.39, 0.29) is 0 Å². The van der Waals surface area contributed by atoms with Crippen molar-refractivity contribution >= 4 is 5.78 Å². The van der Waals surface area contributed by atoms with Gasteiger partial charge >= 0.3 is 0 Å². The van der Waals surface area contributed by atoms with Crippen molar-refractivity contribution in [2.75, 3.05) is 0 Å². The summed E-state index contributed by atoms with van der Waals surface area (Å²) < 4.78 is 0. The average molecular weight is 168 g/mol. The number of hydrogen-bond donors (Lipinski definition) is 1. The molecular formula is C10H16O2. The molecule has 0 aromatic heterocycles. The van der Waals surface area contributed by atoms with E-state index in [1.165, 1.54) is 12.8 Å². The van der Waals surface area contributed by atoms with E-state index in [0.717, 1.165) is 12.3 Å². The zero-order chi connectivity index (χ0) is 8.60. The summed E-state index contributed by atoms with van der Waals surface area (Å²) in [5.74, 6) is 1.10. The number of ketones is 1. The number of carbonyl (C=O) groups excluding carboxylic acids is 1.